The normalized spacial score (nSPS) is 12.4. The van der Waals surface area contributed by atoms with Gasteiger partial charge < -0.3 is 40.2 Å². The number of alkyl halides is 3. The van der Waals surface area contributed by atoms with E-state index in [0.29, 0.717) is 17.1 Å². The summed E-state index contributed by atoms with van der Waals surface area (Å²) >= 11 is 0. The lowest BCUT2D eigenvalue weighted by Gasteiger charge is -2.23. The molecule has 12 nitrogen and oxygen atoms in total. The molecular weight excluding hydrogens is 601 g/mol. The van der Waals surface area contributed by atoms with E-state index in [9.17, 15) is 32.3 Å². The van der Waals surface area contributed by atoms with Crippen molar-refractivity contribution in [3.63, 3.8) is 0 Å². The Kier molecular flexibility index (Phi) is 13.8. The molecule has 2 atom stereocenters. The first-order chi connectivity index (χ1) is 21.2. The first kappa shape index (κ1) is 36.5. The van der Waals surface area contributed by atoms with Crippen LogP contribution in [0.5, 0.6) is 23.0 Å². The van der Waals surface area contributed by atoms with E-state index in [0.717, 1.165) is 12.1 Å². The van der Waals surface area contributed by atoms with Crippen LogP contribution < -0.4 is 40.2 Å². The van der Waals surface area contributed by atoms with Gasteiger partial charge in [0.2, 0.25) is 11.7 Å². The topological polar surface area (TPSA) is 153 Å². The molecule has 15 heteroatoms. The summed E-state index contributed by atoms with van der Waals surface area (Å²) in [6.45, 7) is 5.00. The van der Waals surface area contributed by atoms with E-state index < -0.39 is 47.8 Å². The average molecular weight is 641 g/mol. The third kappa shape index (κ3) is 12.1. The highest BCUT2D eigenvalue weighted by Crippen LogP contribution is 2.28. The summed E-state index contributed by atoms with van der Waals surface area (Å²) in [5.74, 6) is -1.84. The maximum Gasteiger partial charge on any atom is 0.573 e. The average Bonchev–Trinajstić information content (AvgIpc) is 2.99. The number of ketones is 1. The summed E-state index contributed by atoms with van der Waals surface area (Å²) in [6, 6.07) is 5.33. The van der Waals surface area contributed by atoms with Gasteiger partial charge in [-0.15, -0.1) is 13.2 Å². The van der Waals surface area contributed by atoms with Gasteiger partial charge in [-0.25, -0.2) is 4.79 Å². The molecule has 0 saturated heterocycles. The molecule has 0 aliphatic carbocycles. The predicted octanol–water partition coefficient (Wildman–Crippen LogP) is 3.61. The maximum atomic E-state index is 13.2. The van der Waals surface area contributed by atoms with Crippen LogP contribution in [0.2, 0.25) is 0 Å². The number of halogens is 3. The van der Waals surface area contributed by atoms with Gasteiger partial charge in [0.05, 0.1) is 27.4 Å². The summed E-state index contributed by atoms with van der Waals surface area (Å²) in [5, 5.41) is 10.1. The van der Waals surface area contributed by atoms with Crippen molar-refractivity contribution in [2.45, 2.75) is 65.1 Å². The Bertz CT molecular complexity index is 1310. The smallest absolute Gasteiger partial charge is 0.497 e. The van der Waals surface area contributed by atoms with Crippen molar-refractivity contribution in [3.8, 4) is 23.0 Å². The molecule has 2 aromatic rings. The maximum absolute atomic E-state index is 13.2. The van der Waals surface area contributed by atoms with E-state index in [1.165, 1.54) is 27.4 Å². The fraction of sp³-hybridized carbons (Fsp3) is 0.467. The van der Waals surface area contributed by atoms with E-state index in [2.05, 4.69) is 26.0 Å². The van der Waals surface area contributed by atoms with Crippen molar-refractivity contribution in [1.29, 1.82) is 0 Å². The van der Waals surface area contributed by atoms with Crippen molar-refractivity contribution in [1.82, 2.24) is 21.3 Å². The van der Waals surface area contributed by atoms with Crippen LogP contribution in [-0.2, 0) is 27.5 Å². The van der Waals surface area contributed by atoms with E-state index in [4.69, 9.17) is 14.2 Å². The third-order valence-corrected chi connectivity index (χ3v) is 6.38. The summed E-state index contributed by atoms with van der Waals surface area (Å²) in [4.78, 5) is 51.5. The molecule has 1 unspecified atom stereocenters. The lowest BCUT2D eigenvalue weighted by Crippen LogP contribution is -2.55. The quantitative estimate of drug-likeness (QED) is 0.203. The van der Waals surface area contributed by atoms with Crippen molar-refractivity contribution in [2.75, 3.05) is 21.3 Å². The van der Waals surface area contributed by atoms with E-state index in [1.807, 2.05) is 13.8 Å². The van der Waals surface area contributed by atoms with Crippen molar-refractivity contribution >= 4 is 23.6 Å². The zero-order valence-electron chi connectivity index (χ0n) is 25.9. The van der Waals surface area contributed by atoms with Crippen molar-refractivity contribution in [2.24, 2.45) is 5.92 Å². The molecule has 0 aromatic heterocycles. The highest BCUT2D eigenvalue weighted by molar-refractivity contribution is 6.38. The number of benzene rings is 2. The van der Waals surface area contributed by atoms with Gasteiger partial charge in [0, 0.05) is 24.7 Å². The van der Waals surface area contributed by atoms with Crippen LogP contribution in [-0.4, -0.2) is 63.4 Å². The minimum Gasteiger partial charge on any atom is -0.497 e. The lowest BCUT2D eigenvalue weighted by atomic mass is 10.0. The minimum absolute atomic E-state index is 0.00373. The molecule has 0 radical (unpaired) electrons. The number of amides is 4. The SMILES string of the molecule is CCC(NC(=O)[C@H](CC(C)C)NC(=O)NCc1cc(OC(F)(F)F)ccc1OC)C(=O)C(=O)NCc1cc(OC)cc(OC)c1. The molecule has 248 valence electrons. The van der Waals surface area contributed by atoms with Gasteiger partial charge in [-0.3, -0.25) is 14.4 Å². The fourth-order valence-electron chi connectivity index (χ4n) is 4.20. The summed E-state index contributed by atoms with van der Waals surface area (Å²) < 4.78 is 57.4. The van der Waals surface area contributed by atoms with Crippen LogP contribution in [0.1, 0.15) is 44.7 Å². The molecule has 0 saturated carbocycles. The summed E-state index contributed by atoms with van der Waals surface area (Å²) in [7, 11) is 4.27. The third-order valence-electron chi connectivity index (χ3n) is 6.38. The second-order valence-electron chi connectivity index (χ2n) is 10.3. The van der Waals surface area contributed by atoms with Crippen LogP contribution in [0.15, 0.2) is 36.4 Å². The number of nitrogens with one attached hydrogen (secondary N) is 4. The Hall–Kier alpha value is -4.69. The Morgan fingerprint density at radius 3 is 1.98 bits per heavy atom. The van der Waals surface area contributed by atoms with Crippen LogP contribution in [0.25, 0.3) is 0 Å². The molecule has 0 heterocycles. The van der Waals surface area contributed by atoms with Crippen LogP contribution in [0.3, 0.4) is 0 Å². The number of methoxy groups -OCH3 is 3. The van der Waals surface area contributed by atoms with E-state index >= 15 is 0 Å². The first-order valence-electron chi connectivity index (χ1n) is 14.0. The van der Waals surface area contributed by atoms with E-state index in [-0.39, 0.29) is 43.2 Å². The Labute approximate surface area is 259 Å². The summed E-state index contributed by atoms with van der Waals surface area (Å²) in [6.07, 6.45) is -4.62. The predicted molar refractivity (Wildman–Crippen MR) is 157 cm³/mol. The monoisotopic (exact) mass is 640 g/mol. The molecule has 0 spiro atoms. The lowest BCUT2D eigenvalue weighted by molar-refractivity contribution is -0.274. The fourth-order valence-corrected chi connectivity index (χ4v) is 4.20. The molecule has 0 aliphatic heterocycles. The number of rotatable bonds is 16. The standard InChI is InChI=1S/C30H39F3N4O8/c1-7-23(26(38)28(40)34-15-18-11-21(42-4)14-22(12-18)43-5)36-27(39)24(10-17(2)3)37-29(41)35-16-19-13-20(45-30(31,32)33)8-9-25(19)44-6/h8-9,11-14,17,23-24H,7,10,15-16H2,1-6H3,(H,34,40)(H,36,39)(H2,35,37,41)/t23?,24-/m0/s1. The largest absolute Gasteiger partial charge is 0.573 e. The Balaban J connectivity index is 2.04. The first-order valence-corrected chi connectivity index (χ1v) is 14.0. The number of carbonyl (C=O) groups excluding carboxylic acids is 4. The van der Waals surface area contributed by atoms with Crippen molar-refractivity contribution in [3.05, 3.63) is 47.5 Å². The molecule has 2 rings (SSSR count). The molecule has 45 heavy (non-hydrogen) atoms. The van der Waals surface area contributed by atoms with Gasteiger partial charge in [0.15, 0.2) is 0 Å². The highest BCUT2D eigenvalue weighted by atomic mass is 19.4. The summed E-state index contributed by atoms with van der Waals surface area (Å²) in [5.41, 5.74) is 0.808. The second kappa shape index (κ2) is 17.0. The Morgan fingerprint density at radius 1 is 0.800 bits per heavy atom. The molecule has 0 fully saturated rings. The zero-order valence-corrected chi connectivity index (χ0v) is 25.9. The molecule has 0 bridgehead atoms. The number of hydrogen-bond acceptors (Lipinski definition) is 8. The molecule has 4 N–H and O–H groups in total. The van der Waals surface area contributed by atoms with Crippen LogP contribution >= 0.6 is 0 Å². The number of urea groups is 1. The number of Topliss-reactive ketones (excluding diaryl/α,β-unsaturated/α-hetero) is 1. The molecule has 2 aromatic carbocycles. The molecule has 4 amide bonds. The van der Waals surface area contributed by atoms with Gasteiger partial charge >= 0.3 is 12.4 Å². The van der Waals surface area contributed by atoms with Crippen LogP contribution in [0, 0.1) is 5.92 Å². The van der Waals surface area contributed by atoms with Gasteiger partial charge in [-0.2, -0.15) is 0 Å². The zero-order chi connectivity index (χ0) is 33.7. The Morgan fingerprint density at radius 2 is 1.44 bits per heavy atom. The van der Waals surface area contributed by atoms with Gasteiger partial charge in [0.1, 0.15) is 29.0 Å². The molecular formula is C30H39F3N4O8. The number of hydrogen-bond donors (Lipinski definition) is 4. The minimum atomic E-state index is -4.91. The van der Waals surface area contributed by atoms with Crippen molar-refractivity contribution < 1.29 is 51.3 Å². The van der Waals surface area contributed by atoms with Gasteiger partial charge in [0.25, 0.3) is 5.91 Å². The van der Waals surface area contributed by atoms with Gasteiger partial charge in [-0.1, -0.05) is 20.8 Å². The second-order valence-corrected chi connectivity index (χ2v) is 10.3. The number of carbonyl (C=O) groups is 4. The van der Waals surface area contributed by atoms with Crippen LogP contribution in [0.4, 0.5) is 18.0 Å². The van der Waals surface area contributed by atoms with E-state index in [1.54, 1.807) is 25.1 Å². The molecule has 0 aliphatic rings. The highest BCUT2D eigenvalue weighted by Gasteiger charge is 2.32. The van der Waals surface area contributed by atoms with Gasteiger partial charge in [-0.05, 0) is 54.7 Å². The number of ether oxygens (including phenoxy) is 4.